The van der Waals surface area contributed by atoms with Crippen LogP contribution in [-0.2, 0) is 11.3 Å². The van der Waals surface area contributed by atoms with Crippen LogP contribution in [0, 0.1) is 11.3 Å². The van der Waals surface area contributed by atoms with Gasteiger partial charge in [0.25, 0.3) is 0 Å². The largest absolute Gasteiger partial charge is 0.368 e. The van der Waals surface area contributed by atoms with E-state index in [0.717, 1.165) is 18.8 Å². The Morgan fingerprint density at radius 1 is 1.55 bits per heavy atom. The van der Waals surface area contributed by atoms with Gasteiger partial charge >= 0.3 is 0 Å². The normalized spacial score (nSPS) is 20.8. The molecule has 1 saturated heterocycles. The van der Waals surface area contributed by atoms with E-state index in [1.165, 1.54) is 6.20 Å². The zero-order valence-electron chi connectivity index (χ0n) is 12.2. The Morgan fingerprint density at radius 2 is 2.41 bits per heavy atom. The van der Waals surface area contributed by atoms with E-state index in [0.29, 0.717) is 23.0 Å². The van der Waals surface area contributed by atoms with E-state index < -0.39 is 0 Å². The number of imidazole rings is 1. The fraction of sp³-hybridized carbons (Fsp3) is 0.400. The summed E-state index contributed by atoms with van der Waals surface area (Å²) in [5.41, 5.74) is 0.441. The molecule has 6 nitrogen and oxygen atoms in total. The molecule has 2 aromatic heterocycles. The highest BCUT2D eigenvalue weighted by atomic mass is 35.5. The summed E-state index contributed by atoms with van der Waals surface area (Å²) in [6.07, 6.45) is 5.94. The topological polar surface area (TPSA) is 75.8 Å². The number of rotatable bonds is 4. The third-order valence-electron chi connectivity index (χ3n) is 3.73. The number of aromatic nitrogens is 3. The molecule has 1 aliphatic rings. The van der Waals surface area contributed by atoms with Crippen LogP contribution >= 0.6 is 11.6 Å². The molecule has 1 aliphatic heterocycles. The van der Waals surface area contributed by atoms with Crippen molar-refractivity contribution >= 4 is 17.4 Å². The van der Waals surface area contributed by atoms with Crippen LogP contribution in [0.25, 0.3) is 0 Å². The van der Waals surface area contributed by atoms with Gasteiger partial charge in [-0.1, -0.05) is 11.6 Å². The minimum atomic E-state index is -0.136. The third-order valence-corrected chi connectivity index (χ3v) is 4.02. The second-order valence-corrected chi connectivity index (χ2v) is 5.48. The first kappa shape index (κ1) is 14.8. The van der Waals surface area contributed by atoms with Gasteiger partial charge < -0.3 is 14.6 Å². The lowest BCUT2D eigenvalue weighted by Gasteiger charge is -2.21. The molecule has 0 radical (unpaired) electrons. The Morgan fingerprint density at radius 3 is 3.14 bits per heavy atom. The molecule has 2 aromatic rings. The summed E-state index contributed by atoms with van der Waals surface area (Å²) in [4.78, 5) is 8.63. The quantitative estimate of drug-likeness (QED) is 0.938. The molecule has 3 rings (SSSR count). The number of nitriles is 1. The van der Waals surface area contributed by atoms with E-state index in [9.17, 15) is 0 Å². The molecule has 114 valence electrons. The number of anilines is 1. The number of hydrogen-bond donors (Lipinski definition) is 1. The first-order valence-corrected chi connectivity index (χ1v) is 7.55. The average Bonchev–Trinajstić information content (AvgIpc) is 3.17. The van der Waals surface area contributed by atoms with Crippen LogP contribution in [0.2, 0.25) is 5.02 Å². The summed E-state index contributed by atoms with van der Waals surface area (Å²) in [6, 6.07) is 3.67. The van der Waals surface area contributed by atoms with Gasteiger partial charge in [-0.05, 0) is 19.4 Å². The Bertz CT molecular complexity index is 708. The number of halogens is 1. The lowest BCUT2D eigenvalue weighted by atomic mass is 10.1. The van der Waals surface area contributed by atoms with Crippen molar-refractivity contribution in [3.63, 3.8) is 0 Å². The zero-order valence-corrected chi connectivity index (χ0v) is 12.9. The Balaban J connectivity index is 1.81. The van der Waals surface area contributed by atoms with Gasteiger partial charge in [-0.25, -0.2) is 9.97 Å². The van der Waals surface area contributed by atoms with E-state index in [-0.39, 0.29) is 12.1 Å². The van der Waals surface area contributed by atoms with Crippen LogP contribution in [0.15, 0.2) is 24.7 Å². The second kappa shape index (κ2) is 6.34. The van der Waals surface area contributed by atoms with Crippen molar-refractivity contribution in [3.8, 4) is 6.07 Å². The molecular formula is C15H16ClN5O. The third kappa shape index (κ3) is 2.78. The van der Waals surface area contributed by atoms with Gasteiger partial charge in [-0.15, -0.1) is 0 Å². The van der Waals surface area contributed by atoms with Gasteiger partial charge in [0.15, 0.2) is 0 Å². The minimum absolute atomic E-state index is 0.0469. The molecular weight excluding hydrogens is 302 g/mol. The molecule has 1 fully saturated rings. The van der Waals surface area contributed by atoms with Crippen LogP contribution < -0.4 is 5.32 Å². The van der Waals surface area contributed by atoms with Crippen molar-refractivity contribution < 1.29 is 4.74 Å². The molecule has 0 amide bonds. The molecule has 7 heteroatoms. The standard InChI is InChI=1S/C15H16ClN5O/c1-2-21-5-4-18-15(21)13-12(3-6-22-13)20-14-11(16)7-10(8-17)9-19-14/h4-5,7,9,12-13H,2-3,6H2,1H3,(H,19,20)/t12-,13-/m0/s1. The lowest BCUT2D eigenvalue weighted by Crippen LogP contribution is -2.26. The summed E-state index contributed by atoms with van der Waals surface area (Å²) >= 11 is 6.18. The molecule has 2 atom stereocenters. The number of nitrogens with one attached hydrogen (secondary N) is 1. The van der Waals surface area contributed by atoms with Gasteiger partial charge in [-0.3, -0.25) is 0 Å². The van der Waals surface area contributed by atoms with Crippen molar-refractivity contribution in [2.45, 2.75) is 32.0 Å². The predicted molar refractivity (Wildman–Crippen MR) is 82.6 cm³/mol. The van der Waals surface area contributed by atoms with Crippen LogP contribution in [0.5, 0.6) is 0 Å². The first-order valence-electron chi connectivity index (χ1n) is 7.17. The Labute approximate surface area is 133 Å². The fourth-order valence-electron chi connectivity index (χ4n) is 2.62. The number of aryl methyl sites for hydroxylation is 1. The lowest BCUT2D eigenvalue weighted by molar-refractivity contribution is 0.0976. The summed E-state index contributed by atoms with van der Waals surface area (Å²) in [5, 5.41) is 12.6. The number of pyridine rings is 1. The molecule has 0 unspecified atom stereocenters. The second-order valence-electron chi connectivity index (χ2n) is 5.07. The van der Waals surface area contributed by atoms with Crippen LogP contribution in [-0.4, -0.2) is 27.2 Å². The highest BCUT2D eigenvalue weighted by Crippen LogP contribution is 2.32. The average molecular weight is 318 g/mol. The summed E-state index contributed by atoms with van der Waals surface area (Å²) in [5.74, 6) is 1.47. The van der Waals surface area contributed by atoms with Gasteiger partial charge in [0, 0.05) is 31.7 Å². The summed E-state index contributed by atoms with van der Waals surface area (Å²) in [7, 11) is 0. The molecule has 0 spiro atoms. The van der Waals surface area contributed by atoms with Crippen molar-refractivity contribution in [1.29, 1.82) is 5.26 Å². The Kier molecular flexibility index (Phi) is 4.27. The van der Waals surface area contributed by atoms with E-state index in [4.69, 9.17) is 21.6 Å². The molecule has 0 bridgehead atoms. The van der Waals surface area contributed by atoms with Crippen molar-refractivity contribution in [2.75, 3.05) is 11.9 Å². The predicted octanol–water partition coefficient (Wildman–Crippen LogP) is 2.77. The van der Waals surface area contributed by atoms with Crippen LogP contribution in [0.1, 0.15) is 30.8 Å². The Hall–Kier alpha value is -2.10. The van der Waals surface area contributed by atoms with Gasteiger partial charge in [-0.2, -0.15) is 5.26 Å². The molecule has 0 aliphatic carbocycles. The fourth-order valence-corrected chi connectivity index (χ4v) is 2.84. The van der Waals surface area contributed by atoms with Crippen molar-refractivity contribution in [3.05, 3.63) is 41.1 Å². The molecule has 3 heterocycles. The number of nitrogens with zero attached hydrogens (tertiary/aromatic N) is 4. The number of ether oxygens (including phenoxy) is 1. The zero-order chi connectivity index (χ0) is 15.5. The monoisotopic (exact) mass is 317 g/mol. The summed E-state index contributed by atoms with van der Waals surface area (Å²) < 4.78 is 7.91. The van der Waals surface area contributed by atoms with E-state index >= 15 is 0 Å². The van der Waals surface area contributed by atoms with Gasteiger partial charge in [0.2, 0.25) is 0 Å². The highest BCUT2D eigenvalue weighted by Gasteiger charge is 2.33. The van der Waals surface area contributed by atoms with Gasteiger partial charge in [0.05, 0.1) is 16.6 Å². The minimum Gasteiger partial charge on any atom is -0.368 e. The van der Waals surface area contributed by atoms with E-state index in [1.807, 2.05) is 12.3 Å². The molecule has 1 N–H and O–H groups in total. The molecule has 0 saturated carbocycles. The maximum Gasteiger partial charge on any atom is 0.145 e. The van der Waals surface area contributed by atoms with Crippen LogP contribution in [0.3, 0.4) is 0 Å². The van der Waals surface area contributed by atoms with E-state index in [1.54, 1.807) is 12.3 Å². The van der Waals surface area contributed by atoms with E-state index in [2.05, 4.69) is 26.8 Å². The van der Waals surface area contributed by atoms with Crippen molar-refractivity contribution in [2.24, 2.45) is 0 Å². The maximum absolute atomic E-state index is 8.86. The molecule has 0 aromatic carbocycles. The molecule has 22 heavy (non-hydrogen) atoms. The SMILES string of the molecule is CCn1ccnc1[C@H]1OCC[C@@H]1Nc1ncc(C#N)cc1Cl. The van der Waals surface area contributed by atoms with Crippen LogP contribution in [0.4, 0.5) is 5.82 Å². The van der Waals surface area contributed by atoms with Gasteiger partial charge in [0.1, 0.15) is 23.8 Å². The van der Waals surface area contributed by atoms with Crippen molar-refractivity contribution in [1.82, 2.24) is 14.5 Å². The first-order chi connectivity index (χ1) is 10.7. The maximum atomic E-state index is 8.86. The summed E-state index contributed by atoms with van der Waals surface area (Å²) in [6.45, 7) is 3.58. The number of hydrogen-bond acceptors (Lipinski definition) is 5. The smallest absolute Gasteiger partial charge is 0.145 e. The highest BCUT2D eigenvalue weighted by molar-refractivity contribution is 6.33.